The summed E-state index contributed by atoms with van der Waals surface area (Å²) in [4.78, 5) is 10.5. The van der Waals surface area contributed by atoms with Gasteiger partial charge >= 0.3 is 0 Å². The van der Waals surface area contributed by atoms with Gasteiger partial charge in [0.1, 0.15) is 0 Å². The first-order chi connectivity index (χ1) is 9.76. The first-order valence-electron chi connectivity index (χ1n) is 6.39. The van der Waals surface area contributed by atoms with Crippen LogP contribution < -0.4 is 5.32 Å². The molecule has 0 aliphatic rings. The molecule has 0 fully saturated rings. The molecule has 0 radical (unpaired) electrons. The molecule has 3 nitrogen and oxygen atoms in total. The van der Waals surface area contributed by atoms with Crippen molar-refractivity contribution in [1.29, 1.82) is 0 Å². The van der Waals surface area contributed by atoms with Gasteiger partial charge in [-0.3, -0.25) is 4.98 Å². The number of halogens is 1. The summed E-state index contributed by atoms with van der Waals surface area (Å²) in [5, 5.41) is 3.33. The van der Waals surface area contributed by atoms with Crippen LogP contribution in [0.5, 0.6) is 0 Å². The maximum atomic E-state index is 4.72. The van der Waals surface area contributed by atoms with E-state index in [1.165, 1.54) is 4.88 Å². The highest BCUT2D eigenvalue weighted by Gasteiger charge is 2.14. The van der Waals surface area contributed by atoms with E-state index in [2.05, 4.69) is 38.4 Å². The van der Waals surface area contributed by atoms with Crippen molar-refractivity contribution in [2.24, 2.45) is 0 Å². The zero-order chi connectivity index (χ0) is 13.9. The van der Waals surface area contributed by atoms with Crippen LogP contribution in [0.3, 0.4) is 0 Å². The van der Waals surface area contributed by atoms with E-state index in [4.69, 9.17) is 4.98 Å². The van der Waals surface area contributed by atoms with Gasteiger partial charge in [-0.15, -0.1) is 11.3 Å². The van der Waals surface area contributed by atoms with Crippen LogP contribution in [-0.2, 0) is 6.42 Å². The van der Waals surface area contributed by atoms with Crippen LogP contribution in [0.4, 0.5) is 0 Å². The van der Waals surface area contributed by atoms with E-state index in [1.807, 2.05) is 37.5 Å². The molecule has 0 bridgehead atoms. The Labute approximate surface area is 130 Å². The number of benzene rings is 1. The summed E-state index contributed by atoms with van der Waals surface area (Å²) in [6, 6.07) is 12.4. The molecular formula is C15H14BrN3S. The van der Waals surface area contributed by atoms with Gasteiger partial charge in [0.15, 0.2) is 0 Å². The molecule has 0 amide bonds. The predicted molar refractivity (Wildman–Crippen MR) is 87.1 cm³/mol. The van der Waals surface area contributed by atoms with Gasteiger partial charge in [0.25, 0.3) is 0 Å². The third-order valence-corrected chi connectivity index (χ3v) is 4.85. The standard InChI is InChI=1S/C15H14BrN3S/c1-17-13(8-10-6-7-15(16)20-10)14-9-18-11-4-2-3-5-12(11)19-14/h2-7,9,13,17H,8H2,1H3. The van der Waals surface area contributed by atoms with Crippen LogP contribution >= 0.6 is 27.3 Å². The highest BCUT2D eigenvalue weighted by atomic mass is 79.9. The third-order valence-electron chi connectivity index (χ3n) is 3.21. The Morgan fingerprint density at radius 2 is 2.00 bits per heavy atom. The second kappa shape index (κ2) is 5.99. The Bertz CT molecular complexity index is 726. The van der Waals surface area contributed by atoms with Gasteiger partial charge in [0, 0.05) is 11.3 Å². The molecule has 2 heterocycles. The topological polar surface area (TPSA) is 37.8 Å². The summed E-state index contributed by atoms with van der Waals surface area (Å²) in [7, 11) is 1.96. The van der Waals surface area contributed by atoms with E-state index in [9.17, 15) is 0 Å². The Hall–Kier alpha value is -1.30. The molecule has 0 saturated heterocycles. The molecule has 5 heteroatoms. The van der Waals surface area contributed by atoms with Crippen LogP contribution in [-0.4, -0.2) is 17.0 Å². The van der Waals surface area contributed by atoms with Gasteiger partial charge in [-0.25, -0.2) is 4.98 Å². The van der Waals surface area contributed by atoms with Crippen molar-refractivity contribution in [3.8, 4) is 0 Å². The Balaban J connectivity index is 1.90. The number of thiophene rings is 1. The summed E-state index contributed by atoms with van der Waals surface area (Å²) in [5.41, 5.74) is 2.86. The summed E-state index contributed by atoms with van der Waals surface area (Å²) in [6.07, 6.45) is 2.78. The second-order valence-electron chi connectivity index (χ2n) is 4.53. The van der Waals surface area contributed by atoms with E-state index >= 15 is 0 Å². The minimum atomic E-state index is 0.178. The van der Waals surface area contributed by atoms with Crippen molar-refractivity contribution >= 4 is 38.3 Å². The number of hydrogen-bond donors (Lipinski definition) is 1. The highest BCUT2D eigenvalue weighted by Crippen LogP contribution is 2.26. The maximum Gasteiger partial charge on any atom is 0.0890 e. The number of para-hydroxylation sites is 2. The molecule has 1 atom stereocenters. The summed E-state index contributed by atoms with van der Waals surface area (Å²) < 4.78 is 1.16. The van der Waals surface area contributed by atoms with Crippen molar-refractivity contribution < 1.29 is 0 Å². The van der Waals surface area contributed by atoms with Crippen LogP contribution in [0.15, 0.2) is 46.4 Å². The van der Waals surface area contributed by atoms with Crippen molar-refractivity contribution in [1.82, 2.24) is 15.3 Å². The predicted octanol–water partition coefficient (Wildman–Crippen LogP) is 3.96. The lowest BCUT2D eigenvalue weighted by atomic mass is 10.1. The fourth-order valence-electron chi connectivity index (χ4n) is 2.16. The van der Waals surface area contributed by atoms with Gasteiger partial charge in [0.2, 0.25) is 0 Å². The molecule has 3 aromatic rings. The number of hydrogen-bond acceptors (Lipinski definition) is 4. The zero-order valence-corrected chi connectivity index (χ0v) is 13.4. The van der Waals surface area contributed by atoms with Gasteiger partial charge in [-0.05, 0) is 47.2 Å². The van der Waals surface area contributed by atoms with Gasteiger partial charge in [0.05, 0.1) is 32.8 Å². The number of nitrogens with one attached hydrogen (secondary N) is 1. The van der Waals surface area contributed by atoms with E-state index in [1.54, 1.807) is 11.3 Å². The average Bonchev–Trinajstić information content (AvgIpc) is 2.89. The fraction of sp³-hybridized carbons (Fsp3) is 0.200. The Morgan fingerprint density at radius 1 is 1.20 bits per heavy atom. The molecule has 1 N–H and O–H groups in total. The molecule has 2 aromatic heterocycles. The second-order valence-corrected chi connectivity index (χ2v) is 7.08. The van der Waals surface area contributed by atoms with E-state index in [0.29, 0.717) is 0 Å². The molecular weight excluding hydrogens is 334 g/mol. The van der Waals surface area contributed by atoms with E-state index in [-0.39, 0.29) is 6.04 Å². The SMILES string of the molecule is CNC(Cc1ccc(Br)s1)c1cnc2ccccc2n1. The number of rotatable bonds is 4. The first kappa shape index (κ1) is 13.7. The quantitative estimate of drug-likeness (QED) is 0.776. The van der Waals surface area contributed by atoms with Crippen LogP contribution in [0, 0.1) is 0 Å². The molecule has 0 spiro atoms. The molecule has 0 saturated carbocycles. The third kappa shape index (κ3) is 2.90. The largest absolute Gasteiger partial charge is 0.311 e. The number of nitrogens with zero attached hydrogens (tertiary/aromatic N) is 2. The Morgan fingerprint density at radius 3 is 2.70 bits per heavy atom. The monoisotopic (exact) mass is 347 g/mol. The molecule has 1 aromatic carbocycles. The van der Waals surface area contributed by atoms with Crippen molar-refractivity contribution in [2.75, 3.05) is 7.05 Å². The lowest BCUT2D eigenvalue weighted by Gasteiger charge is -2.14. The molecule has 0 aliphatic heterocycles. The number of likely N-dealkylation sites (N-methyl/N-ethyl adjacent to an activating group) is 1. The lowest BCUT2D eigenvalue weighted by Crippen LogP contribution is -2.20. The van der Waals surface area contributed by atoms with Crippen LogP contribution in [0.1, 0.15) is 16.6 Å². The molecule has 20 heavy (non-hydrogen) atoms. The first-order valence-corrected chi connectivity index (χ1v) is 8.00. The molecule has 3 rings (SSSR count). The highest BCUT2D eigenvalue weighted by molar-refractivity contribution is 9.11. The van der Waals surface area contributed by atoms with Gasteiger partial charge in [-0.2, -0.15) is 0 Å². The van der Waals surface area contributed by atoms with E-state index in [0.717, 1.165) is 26.9 Å². The summed E-state index contributed by atoms with van der Waals surface area (Å²) in [5.74, 6) is 0. The zero-order valence-electron chi connectivity index (χ0n) is 11.0. The van der Waals surface area contributed by atoms with Crippen molar-refractivity contribution in [3.63, 3.8) is 0 Å². The fourth-order valence-corrected chi connectivity index (χ4v) is 3.69. The van der Waals surface area contributed by atoms with Crippen LogP contribution in [0.25, 0.3) is 11.0 Å². The summed E-state index contributed by atoms with van der Waals surface area (Å²) >= 11 is 5.26. The molecule has 102 valence electrons. The van der Waals surface area contributed by atoms with Crippen molar-refractivity contribution in [3.05, 3.63) is 57.0 Å². The van der Waals surface area contributed by atoms with Crippen LogP contribution in [0.2, 0.25) is 0 Å². The van der Waals surface area contributed by atoms with Crippen molar-refractivity contribution in [2.45, 2.75) is 12.5 Å². The summed E-state index contributed by atoms with van der Waals surface area (Å²) in [6.45, 7) is 0. The number of aromatic nitrogens is 2. The smallest absolute Gasteiger partial charge is 0.0890 e. The average molecular weight is 348 g/mol. The minimum Gasteiger partial charge on any atom is -0.311 e. The Kier molecular flexibility index (Phi) is 4.10. The number of fused-ring (bicyclic) bond motifs is 1. The molecule has 1 unspecified atom stereocenters. The molecule has 0 aliphatic carbocycles. The minimum absolute atomic E-state index is 0.178. The van der Waals surface area contributed by atoms with Gasteiger partial charge < -0.3 is 5.32 Å². The van der Waals surface area contributed by atoms with Gasteiger partial charge in [-0.1, -0.05) is 12.1 Å². The van der Waals surface area contributed by atoms with E-state index < -0.39 is 0 Å². The maximum absolute atomic E-state index is 4.72. The normalized spacial score (nSPS) is 12.7. The lowest BCUT2D eigenvalue weighted by molar-refractivity contribution is 0.580.